The van der Waals surface area contributed by atoms with E-state index in [2.05, 4.69) is 16.0 Å². The van der Waals surface area contributed by atoms with E-state index in [4.69, 9.17) is 0 Å². The number of hydrogen-bond acceptors (Lipinski definition) is 4. The van der Waals surface area contributed by atoms with E-state index >= 15 is 0 Å². The minimum atomic E-state index is -0.361. The fourth-order valence-electron chi connectivity index (χ4n) is 2.82. The molecular weight excluding hydrogens is 352 g/mol. The first-order chi connectivity index (χ1) is 12.5. The molecule has 0 bridgehead atoms. The van der Waals surface area contributed by atoms with Gasteiger partial charge in [0.25, 0.3) is 0 Å². The molecule has 7 nitrogen and oxygen atoms in total. The number of rotatable bonds is 6. The van der Waals surface area contributed by atoms with Crippen molar-refractivity contribution in [1.82, 2.24) is 10.6 Å². The first-order valence-corrected chi connectivity index (χ1v) is 9.16. The molecule has 0 aliphatic carbocycles. The van der Waals surface area contributed by atoms with Gasteiger partial charge < -0.3 is 16.0 Å². The lowest BCUT2D eigenvalue weighted by Crippen LogP contribution is -2.29. The molecule has 1 aliphatic rings. The van der Waals surface area contributed by atoms with Gasteiger partial charge in [-0.25, -0.2) is 4.79 Å². The van der Waals surface area contributed by atoms with Crippen molar-refractivity contribution in [1.29, 1.82) is 0 Å². The number of nitrogens with one attached hydrogen (secondary N) is 3. The third-order valence-electron chi connectivity index (χ3n) is 3.95. The van der Waals surface area contributed by atoms with Crippen molar-refractivity contribution in [2.75, 3.05) is 23.3 Å². The monoisotopic (exact) mass is 372 g/mol. The van der Waals surface area contributed by atoms with Crippen LogP contribution in [0.5, 0.6) is 0 Å². The summed E-state index contributed by atoms with van der Waals surface area (Å²) in [5.41, 5.74) is 1.34. The molecule has 4 amide bonds. The van der Waals surface area contributed by atoms with Gasteiger partial charge in [0, 0.05) is 36.3 Å². The van der Waals surface area contributed by atoms with Gasteiger partial charge in [0.1, 0.15) is 0 Å². The highest BCUT2D eigenvalue weighted by Gasteiger charge is 2.22. The average molecular weight is 372 g/mol. The van der Waals surface area contributed by atoms with Gasteiger partial charge in [0.05, 0.1) is 12.5 Å². The predicted molar refractivity (Wildman–Crippen MR) is 101 cm³/mol. The van der Waals surface area contributed by atoms with Crippen LogP contribution in [-0.4, -0.2) is 30.9 Å². The van der Waals surface area contributed by atoms with Crippen LogP contribution in [0.2, 0.25) is 0 Å². The van der Waals surface area contributed by atoms with Gasteiger partial charge in [-0.2, -0.15) is 0 Å². The van der Waals surface area contributed by atoms with Gasteiger partial charge in [-0.1, -0.05) is 12.1 Å². The highest BCUT2D eigenvalue weighted by molar-refractivity contribution is 7.10. The summed E-state index contributed by atoms with van der Waals surface area (Å²) in [4.78, 5) is 38.2. The van der Waals surface area contributed by atoms with E-state index in [1.54, 1.807) is 23.1 Å². The Morgan fingerprint density at radius 1 is 1.31 bits per heavy atom. The second-order valence-electron chi connectivity index (χ2n) is 5.95. The number of amides is 4. The van der Waals surface area contributed by atoms with E-state index in [1.807, 2.05) is 23.6 Å². The zero-order valence-corrected chi connectivity index (χ0v) is 15.1. The molecule has 1 aromatic heterocycles. The minimum Gasteiger partial charge on any atom is -0.348 e. The summed E-state index contributed by atoms with van der Waals surface area (Å²) < 4.78 is 0. The first kappa shape index (κ1) is 17.9. The van der Waals surface area contributed by atoms with Crippen molar-refractivity contribution in [2.24, 2.45) is 0 Å². The van der Waals surface area contributed by atoms with Crippen LogP contribution in [0.1, 0.15) is 24.3 Å². The summed E-state index contributed by atoms with van der Waals surface area (Å²) in [6, 6.07) is 10.4. The van der Waals surface area contributed by atoms with Gasteiger partial charge in [-0.3, -0.25) is 14.5 Å². The van der Waals surface area contributed by atoms with Crippen LogP contribution in [-0.2, 0) is 9.59 Å². The third kappa shape index (κ3) is 4.40. The maximum absolute atomic E-state index is 12.4. The first-order valence-electron chi connectivity index (χ1n) is 8.29. The molecule has 3 rings (SSSR count). The van der Waals surface area contributed by atoms with Crippen LogP contribution < -0.4 is 20.9 Å². The maximum atomic E-state index is 12.4. The third-order valence-corrected chi connectivity index (χ3v) is 4.94. The summed E-state index contributed by atoms with van der Waals surface area (Å²) >= 11 is 1.49. The van der Waals surface area contributed by atoms with Crippen molar-refractivity contribution in [2.45, 2.75) is 19.4 Å². The normalized spacial score (nSPS) is 14.7. The lowest BCUT2D eigenvalue weighted by atomic mass is 10.1. The number of thiophene rings is 1. The molecule has 136 valence electrons. The number of carbonyl (C=O) groups excluding carboxylic acids is 3. The van der Waals surface area contributed by atoms with Crippen LogP contribution in [0.15, 0.2) is 41.8 Å². The van der Waals surface area contributed by atoms with Gasteiger partial charge in [-0.05, 0) is 29.6 Å². The quantitative estimate of drug-likeness (QED) is 0.728. The smallest absolute Gasteiger partial charge is 0.321 e. The summed E-state index contributed by atoms with van der Waals surface area (Å²) in [5, 5.41) is 10.3. The fraction of sp³-hybridized carbons (Fsp3) is 0.278. The number of carbonyl (C=O) groups is 3. The van der Waals surface area contributed by atoms with Crippen LogP contribution >= 0.6 is 11.3 Å². The van der Waals surface area contributed by atoms with Gasteiger partial charge in [-0.15, -0.1) is 11.3 Å². The molecule has 1 aliphatic heterocycles. The molecule has 1 saturated heterocycles. The number of nitrogens with zero attached hydrogens (tertiary/aromatic N) is 1. The minimum absolute atomic E-state index is 0.133. The summed E-state index contributed by atoms with van der Waals surface area (Å²) in [6.45, 7) is 2.64. The van der Waals surface area contributed by atoms with E-state index < -0.39 is 0 Å². The molecule has 1 atom stereocenters. The Morgan fingerprint density at radius 3 is 2.81 bits per heavy atom. The van der Waals surface area contributed by atoms with Crippen molar-refractivity contribution >= 4 is 40.6 Å². The molecule has 3 N–H and O–H groups in total. The second-order valence-corrected chi connectivity index (χ2v) is 6.93. The Bertz CT molecular complexity index is 807. The molecule has 2 aromatic rings. The Hall–Kier alpha value is -2.87. The predicted octanol–water partition coefficient (Wildman–Crippen LogP) is 2.48. The molecule has 26 heavy (non-hydrogen) atoms. The fourth-order valence-corrected chi connectivity index (χ4v) is 3.60. The molecule has 2 heterocycles. The molecule has 0 saturated carbocycles. The van der Waals surface area contributed by atoms with Crippen LogP contribution in [0, 0.1) is 0 Å². The van der Waals surface area contributed by atoms with Crippen molar-refractivity contribution < 1.29 is 14.4 Å². The average Bonchev–Trinajstić information content (AvgIpc) is 3.25. The van der Waals surface area contributed by atoms with Crippen molar-refractivity contribution in [3.05, 3.63) is 46.7 Å². The molecule has 8 heteroatoms. The molecule has 1 unspecified atom stereocenters. The van der Waals surface area contributed by atoms with E-state index in [9.17, 15) is 14.4 Å². The molecule has 0 spiro atoms. The molecule has 1 fully saturated rings. The lowest BCUT2D eigenvalue weighted by Gasteiger charge is -2.18. The largest absolute Gasteiger partial charge is 0.348 e. The number of benzene rings is 1. The van der Waals surface area contributed by atoms with Crippen LogP contribution in [0.3, 0.4) is 0 Å². The Morgan fingerprint density at radius 2 is 2.15 bits per heavy atom. The molecule has 1 aromatic carbocycles. The van der Waals surface area contributed by atoms with E-state index in [-0.39, 0.29) is 30.3 Å². The zero-order valence-electron chi connectivity index (χ0n) is 14.3. The van der Waals surface area contributed by atoms with Gasteiger partial charge >= 0.3 is 6.03 Å². The van der Waals surface area contributed by atoms with Crippen molar-refractivity contribution in [3.8, 4) is 0 Å². The number of hydrogen-bond donors (Lipinski definition) is 3. The molecular formula is C18H20N4O3S. The Kier molecular flexibility index (Phi) is 5.52. The van der Waals surface area contributed by atoms with E-state index in [0.717, 1.165) is 10.6 Å². The van der Waals surface area contributed by atoms with Crippen LogP contribution in [0.25, 0.3) is 0 Å². The number of anilines is 2. The Labute approximate surface area is 155 Å². The van der Waals surface area contributed by atoms with E-state index in [1.165, 1.54) is 18.3 Å². The lowest BCUT2D eigenvalue weighted by molar-refractivity contribution is -0.120. The molecule has 0 radical (unpaired) electrons. The highest BCUT2D eigenvalue weighted by atomic mass is 32.1. The standard InChI is InChI=1S/C18H20N4O3S/c1-12(23)20-15(16-6-3-9-26-16)11-17(24)21-13-4-2-5-14(10-13)22-8-7-19-18(22)25/h2-6,9-10,15H,7-8,11H2,1H3,(H,19,25)(H,20,23)(H,21,24). The van der Waals surface area contributed by atoms with Crippen molar-refractivity contribution in [3.63, 3.8) is 0 Å². The topological polar surface area (TPSA) is 90.5 Å². The van der Waals surface area contributed by atoms with E-state index in [0.29, 0.717) is 18.8 Å². The summed E-state index contributed by atoms with van der Waals surface area (Å²) in [7, 11) is 0. The van der Waals surface area contributed by atoms with Gasteiger partial charge in [0.2, 0.25) is 11.8 Å². The summed E-state index contributed by atoms with van der Waals surface area (Å²) in [5.74, 6) is -0.390. The summed E-state index contributed by atoms with van der Waals surface area (Å²) in [6.07, 6.45) is 0.133. The maximum Gasteiger partial charge on any atom is 0.321 e. The van der Waals surface area contributed by atoms with Gasteiger partial charge in [0.15, 0.2) is 0 Å². The highest BCUT2D eigenvalue weighted by Crippen LogP contribution is 2.24. The van der Waals surface area contributed by atoms with Crippen LogP contribution in [0.4, 0.5) is 16.2 Å². The zero-order chi connectivity index (χ0) is 18.5. The number of urea groups is 1. The second kappa shape index (κ2) is 8.01. The Balaban J connectivity index is 1.67. The SMILES string of the molecule is CC(=O)NC(CC(=O)Nc1cccc(N2CCNC2=O)c1)c1cccs1.